The standard InChI is InChI=1S/C16H19N3O3.ClH/c1-18-14-9-11(22-2)3-4-12(14)13(10-20)15(18)16(21)19-7-5-17-6-8-19;/h3-4,9-10,17H,5-8H2,1-2H3;1H. The van der Waals surface area contributed by atoms with Gasteiger partial charge < -0.3 is 19.5 Å². The maximum absolute atomic E-state index is 12.8. The quantitative estimate of drug-likeness (QED) is 0.861. The third kappa shape index (κ3) is 2.92. The minimum absolute atomic E-state index is 0. The molecule has 1 aliphatic heterocycles. The molecule has 1 amide bonds. The number of aryl methyl sites for hydroxylation is 1. The number of fused-ring (bicyclic) bond motifs is 1. The summed E-state index contributed by atoms with van der Waals surface area (Å²) in [5, 5.41) is 3.99. The monoisotopic (exact) mass is 337 g/mol. The molecule has 6 nitrogen and oxygen atoms in total. The Morgan fingerprint density at radius 1 is 1.30 bits per heavy atom. The van der Waals surface area contributed by atoms with Crippen molar-refractivity contribution in [2.24, 2.45) is 7.05 Å². The summed E-state index contributed by atoms with van der Waals surface area (Å²) in [6.07, 6.45) is 0.768. The highest BCUT2D eigenvalue weighted by Crippen LogP contribution is 2.28. The van der Waals surface area contributed by atoms with Gasteiger partial charge in [0, 0.05) is 44.7 Å². The fourth-order valence-electron chi connectivity index (χ4n) is 2.97. The summed E-state index contributed by atoms with van der Waals surface area (Å²) in [6, 6.07) is 5.47. The lowest BCUT2D eigenvalue weighted by Gasteiger charge is -2.27. The predicted molar refractivity (Wildman–Crippen MR) is 90.9 cm³/mol. The highest BCUT2D eigenvalue weighted by molar-refractivity contribution is 6.10. The molecule has 0 radical (unpaired) electrons. The number of carbonyl (C=O) groups is 2. The number of hydrogen-bond donors (Lipinski definition) is 1. The van der Waals surface area contributed by atoms with E-state index < -0.39 is 0 Å². The molecule has 7 heteroatoms. The Hall–Kier alpha value is -2.05. The van der Waals surface area contributed by atoms with Gasteiger partial charge in [-0.15, -0.1) is 12.4 Å². The number of piperazine rings is 1. The van der Waals surface area contributed by atoms with Crippen LogP contribution in [0.25, 0.3) is 10.9 Å². The van der Waals surface area contributed by atoms with Crippen molar-refractivity contribution in [3.8, 4) is 5.75 Å². The first kappa shape index (κ1) is 17.3. The molecular formula is C16H20ClN3O3. The number of halogens is 1. The van der Waals surface area contributed by atoms with Crippen molar-refractivity contribution in [3.05, 3.63) is 29.5 Å². The first-order valence-corrected chi connectivity index (χ1v) is 7.29. The first-order chi connectivity index (χ1) is 10.7. The molecule has 1 saturated heterocycles. The second kappa shape index (κ2) is 7.02. The van der Waals surface area contributed by atoms with Gasteiger partial charge in [-0.3, -0.25) is 9.59 Å². The third-order valence-electron chi connectivity index (χ3n) is 4.17. The summed E-state index contributed by atoms with van der Waals surface area (Å²) < 4.78 is 7.02. The molecule has 2 heterocycles. The number of aldehydes is 1. The molecule has 124 valence electrons. The van der Waals surface area contributed by atoms with E-state index in [1.165, 1.54) is 0 Å². The van der Waals surface area contributed by atoms with Crippen molar-refractivity contribution in [1.29, 1.82) is 0 Å². The Balaban J connectivity index is 0.00000192. The average molecular weight is 338 g/mol. The van der Waals surface area contributed by atoms with Crippen molar-refractivity contribution in [2.75, 3.05) is 33.3 Å². The van der Waals surface area contributed by atoms with E-state index in [-0.39, 0.29) is 18.3 Å². The van der Waals surface area contributed by atoms with E-state index in [4.69, 9.17) is 4.74 Å². The Morgan fingerprint density at radius 3 is 2.61 bits per heavy atom. The second-order valence-corrected chi connectivity index (χ2v) is 5.36. The van der Waals surface area contributed by atoms with Crippen LogP contribution in [0.4, 0.5) is 0 Å². The molecule has 1 N–H and O–H groups in total. The average Bonchev–Trinajstić information content (AvgIpc) is 2.86. The number of ether oxygens (including phenoxy) is 1. The Morgan fingerprint density at radius 2 is 2.00 bits per heavy atom. The SMILES string of the molecule is COc1ccc2c(C=O)c(C(=O)N3CCNCC3)n(C)c2c1.Cl. The van der Waals surface area contributed by atoms with E-state index in [0.717, 1.165) is 30.3 Å². The molecule has 1 aromatic carbocycles. The van der Waals surface area contributed by atoms with Crippen LogP contribution in [-0.2, 0) is 7.05 Å². The smallest absolute Gasteiger partial charge is 0.271 e. The zero-order valence-corrected chi connectivity index (χ0v) is 14.0. The van der Waals surface area contributed by atoms with E-state index in [1.54, 1.807) is 22.6 Å². The fraction of sp³-hybridized carbons (Fsp3) is 0.375. The van der Waals surface area contributed by atoms with Crippen LogP contribution in [0.3, 0.4) is 0 Å². The number of hydrogen-bond acceptors (Lipinski definition) is 4. The molecule has 2 aromatic rings. The Bertz CT molecular complexity index is 736. The summed E-state index contributed by atoms with van der Waals surface area (Å²) >= 11 is 0. The minimum Gasteiger partial charge on any atom is -0.497 e. The van der Waals surface area contributed by atoms with Crippen LogP contribution in [0.15, 0.2) is 18.2 Å². The lowest BCUT2D eigenvalue weighted by atomic mass is 10.1. The summed E-state index contributed by atoms with van der Waals surface area (Å²) in [5.41, 5.74) is 1.71. The van der Waals surface area contributed by atoms with Crippen LogP contribution in [-0.4, -0.2) is 54.9 Å². The molecule has 0 unspecified atom stereocenters. The molecule has 23 heavy (non-hydrogen) atoms. The molecule has 1 fully saturated rings. The normalized spacial score (nSPS) is 14.4. The van der Waals surface area contributed by atoms with E-state index in [9.17, 15) is 9.59 Å². The molecular weight excluding hydrogens is 318 g/mol. The van der Waals surface area contributed by atoms with Gasteiger partial charge in [0.2, 0.25) is 0 Å². The summed E-state index contributed by atoms with van der Waals surface area (Å²) in [7, 11) is 3.40. The number of carbonyl (C=O) groups excluding carboxylic acids is 2. The van der Waals surface area contributed by atoms with Gasteiger partial charge >= 0.3 is 0 Å². The van der Waals surface area contributed by atoms with Gasteiger partial charge in [0.15, 0.2) is 6.29 Å². The van der Waals surface area contributed by atoms with Gasteiger partial charge in [0.1, 0.15) is 11.4 Å². The molecule has 0 bridgehead atoms. The van der Waals surface area contributed by atoms with Crippen molar-refractivity contribution >= 4 is 35.5 Å². The number of aromatic nitrogens is 1. The second-order valence-electron chi connectivity index (χ2n) is 5.36. The highest BCUT2D eigenvalue weighted by atomic mass is 35.5. The van der Waals surface area contributed by atoms with Gasteiger partial charge in [0.05, 0.1) is 18.2 Å². The van der Waals surface area contributed by atoms with Crippen molar-refractivity contribution in [1.82, 2.24) is 14.8 Å². The van der Waals surface area contributed by atoms with Crippen LogP contribution < -0.4 is 10.1 Å². The van der Waals surface area contributed by atoms with Gasteiger partial charge in [-0.2, -0.15) is 0 Å². The summed E-state index contributed by atoms with van der Waals surface area (Å²) in [6.45, 7) is 2.86. The van der Waals surface area contributed by atoms with E-state index in [0.29, 0.717) is 30.1 Å². The molecule has 0 aliphatic carbocycles. The predicted octanol–water partition coefficient (Wildman–Crippen LogP) is 1.47. The maximum Gasteiger partial charge on any atom is 0.271 e. The van der Waals surface area contributed by atoms with Crippen LogP contribution >= 0.6 is 12.4 Å². The summed E-state index contributed by atoms with van der Waals surface area (Å²) in [5.74, 6) is 0.605. The Kier molecular flexibility index (Phi) is 5.28. The minimum atomic E-state index is -0.0960. The highest BCUT2D eigenvalue weighted by Gasteiger charge is 2.26. The van der Waals surface area contributed by atoms with Crippen LogP contribution in [0.2, 0.25) is 0 Å². The van der Waals surface area contributed by atoms with Crippen LogP contribution in [0, 0.1) is 0 Å². The van der Waals surface area contributed by atoms with Gasteiger partial charge in [-0.05, 0) is 12.1 Å². The Labute approximate surface area is 140 Å². The molecule has 0 saturated carbocycles. The number of nitrogens with one attached hydrogen (secondary N) is 1. The fourth-order valence-corrected chi connectivity index (χ4v) is 2.97. The number of nitrogens with zero attached hydrogens (tertiary/aromatic N) is 2. The zero-order valence-electron chi connectivity index (χ0n) is 13.2. The molecule has 1 aromatic heterocycles. The first-order valence-electron chi connectivity index (χ1n) is 7.29. The molecule has 0 spiro atoms. The number of rotatable bonds is 3. The topological polar surface area (TPSA) is 63.6 Å². The van der Waals surface area contributed by atoms with Gasteiger partial charge in [-0.25, -0.2) is 0 Å². The van der Waals surface area contributed by atoms with Crippen molar-refractivity contribution < 1.29 is 14.3 Å². The number of benzene rings is 1. The van der Waals surface area contributed by atoms with E-state index >= 15 is 0 Å². The molecule has 0 atom stereocenters. The lowest BCUT2D eigenvalue weighted by molar-refractivity contribution is 0.0724. The zero-order chi connectivity index (χ0) is 15.7. The van der Waals surface area contributed by atoms with Gasteiger partial charge in [-0.1, -0.05) is 0 Å². The molecule has 3 rings (SSSR count). The lowest BCUT2D eigenvalue weighted by Crippen LogP contribution is -2.47. The molecule has 1 aliphatic rings. The van der Waals surface area contributed by atoms with Gasteiger partial charge in [0.25, 0.3) is 5.91 Å². The largest absolute Gasteiger partial charge is 0.497 e. The van der Waals surface area contributed by atoms with E-state index in [1.807, 2.05) is 19.2 Å². The van der Waals surface area contributed by atoms with Crippen LogP contribution in [0.5, 0.6) is 5.75 Å². The third-order valence-corrected chi connectivity index (χ3v) is 4.17. The summed E-state index contributed by atoms with van der Waals surface area (Å²) in [4.78, 5) is 26.2. The van der Waals surface area contributed by atoms with Crippen molar-refractivity contribution in [3.63, 3.8) is 0 Å². The number of methoxy groups -OCH3 is 1. The van der Waals surface area contributed by atoms with Crippen LogP contribution in [0.1, 0.15) is 20.8 Å². The van der Waals surface area contributed by atoms with E-state index in [2.05, 4.69) is 5.32 Å². The maximum atomic E-state index is 12.8. The van der Waals surface area contributed by atoms with Crippen molar-refractivity contribution in [2.45, 2.75) is 0 Å². The number of amides is 1.